The van der Waals surface area contributed by atoms with Crippen molar-refractivity contribution in [2.75, 3.05) is 35.8 Å². The van der Waals surface area contributed by atoms with Crippen molar-refractivity contribution in [2.45, 2.75) is 51.0 Å². The third-order valence-corrected chi connectivity index (χ3v) is 6.66. The smallest absolute Gasteiger partial charge is 0.410 e. The normalized spacial score (nSPS) is 15.1. The Morgan fingerprint density at radius 1 is 0.969 bits per heavy atom. The van der Waals surface area contributed by atoms with Crippen LogP contribution in [0.25, 0.3) is 0 Å². The van der Waals surface area contributed by atoms with Crippen LogP contribution in [0.3, 0.4) is 0 Å². The molecular weight excluding hydrogens is 426 g/mol. The van der Waals surface area contributed by atoms with Crippen LogP contribution in [0.4, 0.5) is 16.2 Å². The fourth-order valence-corrected chi connectivity index (χ4v) is 4.60. The molecule has 3 rings (SSSR count). The molecule has 7 nitrogen and oxygen atoms in total. The van der Waals surface area contributed by atoms with Crippen molar-refractivity contribution in [1.29, 1.82) is 0 Å². The van der Waals surface area contributed by atoms with Gasteiger partial charge >= 0.3 is 6.09 Å². The Hall–Kier alpha value is -2.74. The summed E-state index contributed by atoms with van der Waals surface area (Å²) >= 11 is 0. The third-order valence-electron chi connectivity index (χ3n) is 5.28. The Morgan fingerprint density at radius 2 is 1.56 bits per heavy atom. The quantitative estimate of drug-likeness (QED) is 0.703. The molecule has 1 saturated heterocycles. The minimum Gasteiger partial charge on any atom is -0.444 e. The molecule has 0 atom stereocenters. The van der Waals surface area contributed by atoms with E-state index in [4.69, 9.17) is 4.74 Å². The van der Waals surface area contributed by atoms with Crippen LogP contribution in [0.1, 0.15) is 46.1 Å². The van der Waals surface area contributed by atoms with Gasteiger partial charge in [-0.25, -0.2) is 13.2 Å². The Morgan fingerprint density at radius 3 is 2.12 bits per heavy atom. The molecule has 1 aliphatic heterocycles. The van der Waals surface area contributed by atoms with Crippen LogP contribution in [0.2, 0.25) is 0 Å². The summed E-state index contributed by atoms with van der Waals surface area (Å²) in [6.07, 6.45) is -0.323. The number of carbonyl (C=O) groups excluding carboxylic acids is 1. The minimum atomic E-state index is -3.72. The van der Waals surface area contributed by atoms with Crippen molar-refractivity contribution in [3.8, 4) is 0 Å². The largest absolute Gasteiger partial charge is 0.444 e. The lowest BCUT2D eigenvalue weighted by atomic mass is 10.0. The summed E-state index contributed by atoms with van der Waals surface area (Å²) in [6, 6.07) is 14.3. The summed E-state index contributed by atoms with van der Waals surface area (Å²) in [6.45, 7) is 11.9. The molecule has 0 aromatic heterocycles. The van der Waals surface area contributed by atoms with Crippen LogP contribution in [0.15, 0.2) is 53.4 Å². The second kappa shape index (κ2) is 9.40. The summed E-state index contributed by atoms with van der Waals surface area (Å²) in [5, 5.41) is 0. The summed E-state index contributed by atoms with van der Waals surface area (Å²) in [5.41, 5.74) is 1.86. The molecule has 0 spiro atoms. The Bertz CT molecular complexity index is 1040. The first kappa shape index (κ1) is 23.9. The lowest BCUT2D eigenvalue weighted by Gasteiger charge is -2.37. The van der Waals surface area contributed by atoms with E-state index in [-0.39, 0.29) is 11.0 Å². The SMILES string of the molecule is CC(C)c1ccc(S(=O)(=O)Nc2ccccc2N2CCN(C(=O)OC(C)(C)C)CC2)cc1. The molecular formula is C24H33N3O4S. The lowest BCUT2D eigenvalue weighted by Crippen LogP contribution is -2.50. The van der Waals surface area contributed by atoms with Crippen molar-refractivity contribution in [2.24, 2.45) is 0 Å². The number of hydrogen-bond donors (Lipinski definition) is 1. The van der Waals surface area contributed by atoms with Gasteiger partial charge in [-0.15, -0.1) is 0 Å². The van der Waals surface area contributed by atoms with Gasteiger partial charge in [0.2, 0.25) is 0 Å². The number of para-hydroxylation sites is 2. The van der Waals surface area contributed by atoms with Crippen LogP contribution >= 0.6 is 0 Å². The number of ether oxygens (including phenoxy) is 1. The molecule has 1 fully saturated rings. The third kappa shape index (κ3) is 5.94. The average Bonchev–Trinajstić information content (AvgIpc) is 2.73. The highest BCUT2D eigenvalue weighted by atomic mass is 32.2. The summed E-state index contributed by atoms with van der Waals surface area (Å²) in [7, 11) is -3.72. The highest BCUT2D eigenvalue weighted by Gasteiger charge is 2.27. The second-order valence-corrected chi connectivity index (χ2v) is 11.0. The molecule has 1 aliphatic rings. The first-order valence-electron chi connectivity index (χ1n) is 10.9. The van der Waals surface area contributed by atoms with E-state index in [1.807, 2.05) is 45.0 Å². The van der Waals surface area contributed by atoms with Crippen molar-refractivity contribution in [1.82, 2.24) is 4.90 Å². The maximum Gasteiger partial charge on any atom is 0.410 e. The van der Waals surface area contributed by atoms with Crippen molar-refractivity contribution in [3.63, 3.8) is 0 Å². The second-order valence-electron chi connectivity index (χ2n) is 9.30. The van der Waals surface area contributed by atoms with Crippen molar-refractivity contribution in [3.05, 3.63) is 54.1 Å². The Balaban J connectivity index is 1.72. The number of carbonyl (C=O) groups is 1. The molecule has 2 aromatic carbocycles. The molecule has 1 heterocycles. The molecule has 1 N–H and O–H groups in total. The zero-order valence-corrected chi connectivity index (χ0v) is 20.3. The van der Waals surface area contributed by atoms with Gasteiger partial charge < -0.3 is 14.5 Å². The molecule has 2 aromatic rings. The van der Waals surface area contributed by atoms with Crippen LogP contribution in [-0.4, -0.2) is 51.2 Å². The van der Waals surface area contributed by atoms with Gasteiger partial charge in [0, 0.05) is 26.2 Å². The summed E-state index contributed by atoms with van der Waals surface area (Å²) in [5.74, 6) is 0.333. The van der Waals surface area contributed by atoms with Gasteiger partial charge in [0.05, 0.1) is 16.3 Å². The molecule has 174 valence electrons. The number of sulfonamides is 1. The highest BCUT2D eigenvalue weighted by Crippen LogP contribution is 2.29. The predicted octanol–water partition coefficient (Wildman–Crippen LogP) is 4.67. The number of benzene rings is 2. The van der Waals surface area contributed by atoms with Crippen LogP contribution in [-0.2, 0) is 14.8 Å². The van der Waals surface area contributed by atoms with Gasteiger partial charge in [-0.2, -0.15) is 0 Å². The van der Waals surface area contributed by atoms with E-state index < -0.39 is 15.6 Å². The zero-order chi connectivity index (χ0) is 23.5. The van der Waals surface area contributed by atoms with E-state index in [1.165, 1.54) is 0 Å². The monoisotopic (exact) mass is 459 g/mol. The zero-order valence-electron chi connectivity index (χ0n) is 19.5. The van der Waals surface area contributed by atoms with Crippen molar-refractivity contribution < 1.29 is 17.9 Å². The molecule has 0 unspecified atom stereocenters. The standard InChI is InChI=1S/C24H33N3O4S/c1-18(2)19-10-12-20(13-11-19)32(29,30)25-21-8-6-7-9-22(21)26-14-16-27(17-15-26)23(28)31-24(3,4)5/h6-13,18,25H,14-17H2,1-5H3. The number of anilines is 2. The highest BCUT2D eigenvalue weighted by molar-refractivity contribution is 7.92. The number of amides is 1. The number of nitrogens with zero attached hydrogens (tertiary/aromatic N) is 2. The topological polar surface area (TPSA) is 79.0 Å². The fraction of sp³-hybridized carbons (Fsp3) is 0.458. The Kier molecular flexibility index (Phi) is 7.03. The van der Waals surface area contributed by atoms with Crippen LogP contribution < -0.4 is 9.62 Å². The van der Waals surface area contributed by atoms with Gasteiger partial charge in [-0.3, -0.25) is 4.72 Å². The van der Waals surface area contributed by atoms with E-state index in [2.05, 4.69) is 23.5 Å². The first-order valence-corrected chi connectivity index (χ1v) is 12.4. The first-order chi connectivity index (χ1) is 15.0. The van der Waals surface area contributed by atoms with E-state index in [9.17, 15) is 13.2 Å². The summed E-state index contributed by atoms with van der Waals surface area (Å²) in [4.78, 5) is 16.3. The molecule has 0 radical (unpaired) electrons. The number of nitrogens with one attached hydrogen (secondary N) is 1. The molecule has 0 saturated carbocycles. The van der Waals surface area contributed by atoms with E-state index in [1.54, 1.807) is 29.2 Å². The van der Waals surface area contributed by atoms with Gasteiger partial charge in [-0.1, -0.05) is 38.1 Å². The molecule has 0 bridgehead atoms. The average molecular weight is 460 g/mol. The van der Waals surface area contributed by atoms with Gasteiger partial charge in [0.1, 0.15) is 5.60 Å². The number of rotatable bonds is 5. The predicted molar refractivity (Wildman–Crippen MR) is 128 cm³/mol. The fourth-order valence-electron chi connectivity index (χ4n) is 3.53. The molecule has 1 amide bonds. The van der Waals surface area contributed by atoms with Crippen LogP contribution in [0.5, 0.6) is 0 Å². The van der Waals surface area contributed by atoms with Gasteiger partial charge in [0.15, 0.2) is 0 Å². The van der Waals surface area contributed by atoms with E-state index >= 15 is 0 Å². The van der Waals surface area contributed by atoms with E-state index in [0.29, 0.717) is 37.8 Å². The number of hydrogen-bond acceptors (Lipinski definition) is 5. The Labute approximate surface area is 191 Å². The van der Waals surface area contributed by atoms with Gasteiger partial charge in [0.25, 0.3) is 10.0 Å². The molecule has 0 aliphatic carbocycles. The maximum absolute atomic E-state index is 13.0. The minimum absolute atomic E-state index is 0.228. The molecule has 8 heteroatoms. The maximum atomic E-state index is 13.0. The van der Waals surface area contributed by atoms with E-state index in [0.717, 1.165) is 11.3 Å². The lowest BCUT2D eigenvalue weighted by molar-refractivity contribution is 0.0240. The molecule has 32 heavy (non-hydrogen) atoms. The summed E-state index contributed by atoms with van der Waals surface area (Å²) < 4.78 is 34.2. The van der Waals surface area contributed by atoms with Crippen molar-refractivity contribution >= 4 is 27.5 Å². The van der Waals surface area contributed by atoms with Gasteiger partial charge in [-0.05, 0) is 56.5 Å². The number of piperazine rings is 1. The van der Waals surface area contributed by atoms with Crippen LogP contribution in [0, 0.1) is 0 Å².